The zero-order valence-electron chi connectivity index (χ0n) is 40.9. The first-order chi connectivity index (χ1) is 30.5. The van der Waals surface area contributed by atoms with Gasteiger partial charge in [0.1, 0.15) is 13.2 Å². The molecule has 0 saturated carbocycles. The van der Waals surface area contributed by atoms with Crippen molar-refractivity contribution >= 4 is 17.9 Å². The van der Waals surface area contributed by atoms with Crippen molar-refractivity contribution in [1.29, 1.82) is 0 Å². The third kappa shape index (κ3) is 48.1. The van der Waals surface area contributed by atoms with Gasteiger partial charge in [-0.1, -0.05) is 216 Å². The molecule has 1 atom stereocenters. The van der Waals surface area contributed by atoms with E-state index in [9.17, 15) is 14.4 Å². The van der Waals surface area contributed by atoms with E-state index in [1.54, 1.807) is 0 Å². The lowest BCUT2D eigenvalue weighted by Crippen LogP contribution is -2.30. The highest BCUT2D eigenvalue weighted by Crippen LogP contribution is 2.15. The quantitative estimate of drug-likeness (QED) is 0.0262. The lowest BCUT2D eigenvalue weighted by atomic mass is 10.0. The summed E-state index contributed by atoms with van der Waals surface area (Å²) in [7, 11) is 0. The van der Waals surface area contributed by atoms with Crippen LogP contribution in [0, 0.1) is 0 Å². The van der Waals surface area contributed by atoms with E-state index in [0.717, 1.165) is 70.6 Å². The molecule has 0 N–H and O–H groups in total. The van der Waals surface area contributed by atoms with E-state index >= 15 is 0 Å². The van der Waals surface area contributed by atoms with Crippen LogP contribution < -0.4 is 0 Å². The third-order valence-electron chi connectivity index (χ3n) is 11.2. The number of unbranched alkanes of at least 4 members (excludes halogenated alkanes) is 26. The third-order valence-corrected chi connectivity index (χ3v) is 11.2. The van der Waals surface area contributed by atoms with Gasteiger partial charge in [-0.2, -0.15) is 0 Å². The maximum Gasteiger partial charge on any atom is 0.306 e. The number of allylic oxidation sites excluding steroid dienone is 10. The van der Waals surface area contributed by atoms with E-state index in [1.165, 1.54) is 141 Å². The smallest absolute Gasteiger partial charge is 0.306 e. The number of esters is 3. The summed E-state index contributed by atoms with van der Waals surface area (Å²) >= 11 is 0. The van der Waals surface area contributed by atoms with Crippen molar-refractivity contribution in [3.63, 3.8) is 0 Å². The molecular formula is C56H98O6. The molecule has 0 aliphatic carbocycles. The van der Waals surface area contributed by atoms with Gasteiger partial charge in [0.05, 0.1) is 0 Å². The highest BCUT2D eigenvalue weighted by molar-refractivity contribution is 5.71. The second kappa shape index (κ2) is 50.8. The summed E-state index contributed by atoms with van der Waals surface area (Å²) in [5, 5.41) is 0. The van der Waals surface area contributed by atoms with Gasteiger partial charge in [0.2, 0.25) is 0 Å². The number of hydrogen-bond acceptors (Lipinski definition) is 6. The Balaban J connectivity index is 4.45. The number of ether oxygens (including phenoxy) is 3. The molecule has 6 heteroatoms. The Hall–Kier alpha value is -2.89. The van der Waals surface area contributed by atoms with Crippen LogP contribution in [0.15, 0.2) is 60.8 Å². The van der Waals surface area contributed by atoms with Gasteiger partial charge in [-0.3, -0.25) is 14.4 Å². The van der Waals surface area contributed by atoms with Crippen molar-refractivity contribution in [2.75, 3.05) is 13.2 Å². The van der Waals surface area contributed by atoms with Gasteiger partial charge in [-0.05, 0) is 83.5 Å². The van der Waals surface area contributed by atoms with Crippen LogP contribution in [0.4, 0.5) is 0 Å². The van der Waals surface area contributed by atoms with E-state index < -0.39 is 6.10 Å². The van der Waals surface area contributed by atoms with Crippen LogP contribution in [0.25, 0.3) is 0 Å². The Kier molecular flexibility index (Phi) is 48.4. The molecule has 0 aromatic carbocycles. The highest BCUT2D eigenvalue weighted by atomic mass is 16.6. The van der Waals surface area contributed by atoms with Crippen LogP contribution in [-0.4, -0.2) is 37.2 Å². The van der Waals surface area contributed by atoms with E-state index in [0.29, 0.717) is 19.3 Å². The van der Waals surface area contributed by atoms with Crippen LogP contribution in [0.3, 0.4) is 0 Å². The first kappa shape index (κ1) is 59.1. The number of hydrogen-bond donors (Lipinski definition) is 0. The number of carbonyl (C=O) groups excluding carboxylic acids is 3. The molecule has 0 bridgehead atoms. The average Bonchev–Trinajstić information content (AvgIpc) is 3.27. The maximum absolute atomic E-state index is 12.8. The molecule has 1 unspecified atom stereocenters. The molecule has 6 nitrogen and oxygen atoms in total. The van der Waals surface area contributed by atoms with Crippen LogP contribution in [0.2, 0.25) is 0 Å². The minimum absolute atomic E-state index is 0.0937. The van der Waals surface area contributed by atoms with Crippen molar-refractivity contribution in [3.05, 3.63) is 60.8 Å². The molecule has 358 valence electrons. The van der Waals surface area contributed by atoms with Crippen molar-refractivity contribution in [1.82, 2.24) is 0 Å². The minimum atomic E-state index is -0.796. The van der Waals surface area contributed by atoms with Crippen molar-refractivity contribution in [2.45, 2.75) is 264 Å². The molecule has 0 radical (unpaired) electrons. The molecule has 0 aliphatic rings. The predicted molar refractivity (Wildman–Crippen MR) is 265 cm³/mol. The van der Waals surface area contributed by atoms with Gasteiger partial charge in [-0.25, -0.2) is 0 Å². The summed E-state index contributed by atoms with van der Waals surface area (Å²) in [5.41, 5.74) is 0. The Morgan fingerprint density at radius 1 is 0.323 bits per heavy atom. The molecule has 0 heterocycles. The van der Waals surface area contributed by atoms with Crippen molar-refractivity contribution in [2.24, 2.45) is 0 Å². The van der Waals surface area contributed by atoms with Gasteiger partial charge in [0.25, 0.3) is 0 Å². The second-order valence-electron chi connectivity index (χ2n) is 17.4. The summed E-state index contributed by atoms with van der Waals surface area (Å²) in [5.74, 6) is -0.954. The largest absolute Gasteiger partial charge is 0.462 e. The van der Waals surface area contributed by atoms with Crippen LogP contribution in [0.5, 0.6) is 0 Å². The zero-order valence-corrected chi connectivity index (χ0v) is 40.9. The van der Waals surface area contributed by atoms with Gasteiger partial charge in [-0.15, -0.1) is 0 Å². The summed E-state index contributed by atoms with van der Waals surface area (Å²) in [4.78, 5) is 37.9. The molecule has 0 fully saturated rings. The molecule has 0 aliphatic heterocycles. The van der Waals surface area contributed by atoms with E-state index in [1.807, 2.05) is 0 Å². The zero-order chi connectivity index (χ0) is 45.1. The fourth-order valence-corrected chi connectivity index (χ4v) is 7.25. The molecule has 0 saturated heterocycles. The Morgan fingerprint density at radius 2 is 0.597 bits per heavy atom. The SMILES string of the molecule is CCCCC/C=C\C/C=C\C/C=C\C/C=C\CCCC(=O)OCC(COC(=O)CCCCCCC/C=C\CCCCC)OC(=O)CCCCCCCCCCCCCCCCC. The van der Waals surface area contributed by atoms with Gasteiger partial charge < -0.3 is 14.2 Å². The fourth-order valence-electron chi connectivity index (χ4n) is 7.25. The standard InChI is InChI=1S/C56H98O6/c1-4-7-10-13-16-19-22-25-27-28-30-31-34-37-40-43-46-49-55(58)61-52-53(51-60-54(57)48-45-42-39-36-33-24-21-18-15-12-9-6-3)62-56(59)50-47-44-41-38-35-32-29-26-23-20-17-14-11-8-5-2/h16,18-19,21,25,27,30-31,37,40,53H,4-15,17,20,22-24,26,28-29,32-36,38-39,41-52H2,1-3H3/b19-16-,21-18-,27-25-,31-30-,40-37-. The highest BCUT2D eigenvalue weighted by Gasteiger charge is 2.19. The summed E-state index contributed by atoms with van der Waals surface area (Å²) in [6.07, 6.45) is 62.1. The molecule has 0 aromatic heterocycles. The minimum Gasteiger partial charge on any atom is -0.462 e. The summed E-state index contributed by atoms with van der Waals surface area (Å²) < 4.78 is 16.7. The lowest BCUT2D eigenvalue weighted by molar-refractivity contribution is -0.167. The molecule has 0 amide bonds. The molecule has 0 aromatic rings. The van der Waals surface area contributed by atoms with Gasteiger partial charge in [0, 0.05) is 19.3 Å². The first-order valence-corrected chi connectivity index (χ1v) is 26.3. The fraction of sp³-hybridized carbons (Fsp3) is 0.768. The van der Waals surface area contributed by atoms with E-state index in [2.05, 4.69) is 81.5 Å². The lowest BCUT2D eigenvalue weighted by Gasteiger charge is -2.18. The van der Waals surface area contributed by atoms with Crippen LogP contribution in [0.1, 0.15) is 258 Å². The summed E-state index contributed by atoms with van der Waals surface area (Å²) in [6.45, 7) is 6.54. The molecule has 0 rings (SSSR count). The monoisotopic (exact) mass is 867 g/mol. The van der Waals surface area contributed by atoms with Crippen molar-refractivity contribution in [3.8, 4) is 0 Å². The normalized spacial score (nSPS) is 12.5. The predicted octanol–water partition coefficient (Wildman–Crippen LogP) is 17.3. The number of carbonyl (C=O) groups is 3. The first-order valence-electron chi connectivity index (χ1n) is 26.3. The van der Waals surface area contributed by atoms with Gasteiger partial charge >= 0.3 is 17.9 Å². The van der Waals surface area contributed by atoms with Gasteiger partial charge in [0.15, 0.2) is 6.10 Å². The summed E-state index contributed by atoms with van der Waals surface area (Å²) in [6, 6.07) is 0. The molecular weight excluding hydrogens is 769 g/mol. The maximum atomic E-state index is 12.8. The molecule has 62 heavy (non-hydrogen) atoms. The second-order valence-corrected chi connectivity index (χ2v) is 17.4. The number of rotatable bonds is 47. The van der Waals surface area contributed by atoms with Crippen LogP contribution in [-0.2, 0) is 28.6 Å². The topological polar surface area (TPSA) is 78.9 Å². The Labute approximate surface area is 383 Å². The van der Waals surface area contributed by atoms with E-state index in [-0.39, 0.29) is 37.5 Å². The Morgan fingerprint density at radius 3 is 1.02 bits per heavy atom. The average molecular weight is 867 g/mol. The Bertz CT molecular complexity index is 1130. The van der Waals surface area contributed by atoms with E-state index in [4.69, 9.17) is 14.2 Å². The van der Waals surface area contributed by atoms with Crippen molar-refractivity contribution < 1.29 is 28.6 Å². The molecule has 0 spiro atoms. The van der Waals surface area contributed by atoms with Crippen LogP contribution >= 0.6 is 0 Å².